The summed E-state index contributed by atoms with van der Waals surface area (Å²) in [7, 11) is -1.91. The zero-order valence-electron chi connectivity index (χ0n) is 19.2. The smallest absolute Gasteiger partial charge is 0.274 e. The van der Waals surface area contributed by atoms with Crippen molar-refractivity contribution in [1.29, 1.82) is 0 Å². The van der Waals surface area contributed by atoms with Crippen LogP contribution in [0, 0.1) is 5.92 Å². The number of ether oxygens (including phenoxy) is 2. The number of nitrogens with zero attached hydrogens (tertiary/aromatic N) is 3. The summed E-state index contributed by atoms with van der Waals surface area (Å²) in [6, 6.07) is 8.89. The molecule has 1 amide bonds. The van der Waals surface area contributed by atoms with E-state index in [1.54, 1.807) is 13.2 Å². The molecule has 0 unspecified atom stereocenters. The van der Waals surface area contributed by atoms with Gasteiger partial charge in [0.1, 0.15) is 16.1 Å². The summed E-state index contributed by atoms with van der Waals surface area (Å²) < 4.78 is 40.2. The summed E-state index contributed by atoms with van der Waals surface area (Å²) in [6.45, 7) is 1.95. The van der Waals surface area contributed by atoms with Crippen LogP contribution in [0.2, 0.25) is 4.34 Å². The van der Waals surface area contributed by atoms with Crippen molar-refractivity contribution >= 4 is 60.4 Å². The molecule has 8 nitrogen and oxygen atoms in total. The maximum absolute atomic E-state index is 13.1. The third kappa shape index (κ3) is 5.29. The topological polar surface area (TPSA) is 89.0 Å². The second-order valence-electron chi connectivity index (χ2n) is 8.69. The average molecular weight is 556 g/mol. The molecule has 2 aliphatic rings. The third-order valence-electron chi connectivity index (χ3n) is 6.54. The van der Waals surface area contributed by atoms with Crippen LogP contribution in [0.15, 0.2) is 34.5 Å². The molecular weight excluding hydrogens is 530 g/mol. The number of carbonyl (C=O) groups is 1. The van der Waals surface area contributed by atoms with E-state index >= 15 is 0 Å². The predicted molar refractivity (Wildman–Crippen MR) is 137 cm³/mol. The van der Waals surface area contributed by atoms with Crippen LogP contribution >= 0.6 is 34.3 Å². The molecule has 188 valence electrons. The Hall–Kier alpha value is -1.92. The van der Waals surface area contributed by atoms with Crippen molar-refractivity contribution in [2.45, 2.75) is 36.0 Å². The van der Waals surface area contributed by atoms with E-state index in [1.165, 1.54) is 21.7 Å². The van der Waals surface area contributed by atoms with Crippen LogP contribution in [0.1, 0.15) is 25.7 Å². The number of methoxy groups -OCH3 is 1. The number of halogens is 1. The maximum atomic E-state index is 13.1. The standard InChI is InChI=1S/C23H26ClN3O5S3/c1-31-17-2-3-18-19(14-17)33-23(25-18)32-16-8-10-26(11-9-16)22(28)15-6-12-27(13-7-15)35(29,30)21-5-4-20(24)34-21/h2-5,14-16H,6-13H2,1H3. The van der Waals surface area contributed by atoms with Crippen molar-refractivity contribution in [2.24, 2.45) is 5.92 Å². The fourth-order valence-corrected chi connectivity index (χ4v) is 8.58. The number of carbonyl (C=O) groups excluding carboxylic acids is 1. The van der Waals surface area contributed by atoms with Gasteiger partial charge in [0.25, 0.3) is 15.2 Å². The van der Waals surface area contributed by atoms with Crippen LogP contribution in [-0.2, 0) is 14.8 Å². The van der Waals surface area contributed by atoms with Gasteiger partial charge in [-0.15, -0.1) is 11.3 Å². The molecule has 0 radical (unpaired) electrons. The molecule has 0 spiro atoms. The fourth-order valence-electron chi connectivity index (χ4n) is 4.56. The highest BCUT2D eigenvalue weighted by atomic mass is 35.5. The molecule has 12 heteroatoms. The van der Waals surface area contributed by atoms with Gasteiger partial charge in [-0.05, 0) is 43.2 Å². The molecule has 0 saturated carbocycles. The summed E-state index contributed by atoms with van der Waals surface area (Å²) in [5.41, 5.74) is 0.883. The molecule has 0 bridgehead atoms. The highest BCUT2D eigenvalue weighted by Gasteiger charge is 2.35. The molecule has 2 saturated heterocycles. The van der Waals surface area contributed by atoms with E-state index < -0.39 is 10.0 Å². The Balaban J connectivity index is 1.12. The number of amides is 1. The van der Waals surface area contributed by atoms with Gasteiger partial charge in [-0.2, -0.15) is 4.31 Å². The number of fused-ring (bicyclic) bond motifs is 1. The number of thiazole rings is 1. The van der Waals surface area contributed by atoms with Crippen molar-refractivity contribution in [2.75, 3.05) is 33.3 Å². The minimum Gasteiger partial charge on any atom is -0.497 e. The lowest BCUT2D eigenvalue weighted by Crippen LogP contribution is -2.47. The fraction of sp³-hybridized carbons (Fsp3) is 0.478. The number of sulfonamides is 1. The number of thiophene rings is 1. The zero-order chi connectivity index (χ0) is 24.6. The Morgan fingerprint density at radius 2 is 1.80 bits per heavy atom. The molecule has 1 aromatic carbocycles. The van der Waals surface area contributed by atoms with E-state index in [1.807, 2.05) is 23.1 Å². The first-order valence-corrected chi connectivity index (χ1v) is 14.9. The van der Waals surface area contributed by atoms with Gasteiger partial charge in [-0.25, -0.2) is 13.4 Å². The van der Waals surface area contributed by atoms with Gasteiger partial charge in [0.05, 0.1) is 21.7 Å². The van der Waals surface area contributed by atoms with E-state index in [0.29, 0.717) is 48.6 Å². The van der Waals surface area contributed by atoms with E-state index in [2.05, 4.69) is 4.98 Å². The quantitative estimate of drug-likeness (QED) is 0.445. The third-order valence-corrected chi connectivity index (χ3v) is 11.0. The lowest BCUT2D eigenvalue weighted by Gasteiger charge is -2.36. The Kier molecular flexibility index (Phi) is 7.23. The normalized spacial score (nSPS) is 18.7. The van der Waals surface area contributed by atoms with E-state index in [0.717, 1.165) is 40.1 Å². The molecule has 35 heavy (non-hydrogen) atoms. The Morgan fingerprint density at radius 3 is 2.46 bits per heavy atom. The second-order valence-corrected chi connectivity index (χ2v) is 13.6. The Morgan fingerprint density at radius 1 is 1.06 bits per heavy atom. The monoisotopic (exact) mass is 555 g/mol. The van der Waals surface area contributed by atoms with Gasteiger partial charge >= 0.3 is 0 Å². The van der Waals surface area contributed by atoms with Gasteiger partial charge in [0.15, 0.2) is 0 Å². The highest BCUT2D eigenvalue weighted by molar-refractivity contribution is 7.91. The van der Waals surface area contributed by atoms with Crippen LogP contribution in [0.25, 0.3) is 10.2 Å². The van der Waals surface area contributed by atoms with Gasteiger partial charge in [-0.1, -0.05) is 22.9 Å². The van der Waals surface area contributed by atoms with Gasteiger partial charge in [-0.3, -0.25) is 4.79 Å². The molecule has 2 aromatic heterocycles. The first kappa shape index (κ1) is 24.8. The second kappa shape index (κ2) is 10.2. The van der Waals surface area contributed by atoms with Gasteiger partial charge in [0, 0.05) is 44.9 Å². The SMILES string of the molecule is COc1ccc2nc(OC3CCN(C(=O)C4CCN(S(=O)(=O)c5ccc(Cl)s5)CC4)CC3)sc2c1. The first-order valence-electron chi connectivity index (χ1n) is 11.5. The van der Waals surface area contributed by atoms with Crippen LogP contribution in [-0.4, -0.2) is 67.9 Å². The molecule has 0 aliphatic carbocycles. The predicted octanol–water partition coefficient (Wildman–Crippen LogP) is 4.49. The Bertz CT molecular complexity index is 1310. The number of hydrogen-bond acceptors (Lipinski definition) is 8. The highest BCUT2D eigenvalue weighted by Crippen LogP contribution is 2.33. The lowest BCUT2D eigenvalue weighted by molar-refractivity contribution is -0.138. The lowest BCUT2D eigenvalue weighted by atomic mass is 9.95. The largest absolute Gasteiger partial charge is 0.497 e. The molecule has 0 N–H and O–H groups in total. The van der Waals surface area contributed by atoms with Crippen molar-refractivity contribution < 1.29 is 22.7 Å². The van der Waals surface area contributed by atoms with Crippen molar-refractivity contribution in [1.82, 2.24) is 14.2 Å². The number of piperidine rings is 2. The Labute approximate surface area is 217 Å². The van der Waals surface area contributed by atoms with E-state index in [9.17, 15) is 13.2 Å². The molecule has 2 fully saturated rings. The van der Waals surface area contributed by atoms with Crippen molar-refractivity contribution in [3.05, 3.63) is 34.7 Å². The number of rotatable bonds is 6. The van der Waals surface area contributed by atoms with Gasteiger partial charge in [0.2, 0.25) is 5.91 Å². The molecule has 2 aliphatic heterocycles. The van der Waals surface area contributed by atoms with Crippen LogP contribution < -0.4 is 9.47 Å². The summed E-state index contributed by atoms with van der Waals surface area (Å²) >= 11 is 8.47. The summed E-state index contributed by atoms with van der Waals surface area (Å²) in [4.78, 5) is 19.6. The first-order chi connectivity index (χ1) is 16.8. The number of benzene rings is 1. The number of likely N-dealkylation sites (tertiary alicyclic amines) is 1. The summed E-state index contributed by atoms with van der Waals surface area (Å²) in [5.74, 6) is 0.760. The number of hydrogen-bond donors (Lipinski definition) is 0. The van der Waals surface area contributed by atoms with Gasteiger partial charge < -0.3 is 14.4 Å². The molecule has 3 aromatic rings. The maximum Gasteiger partial charge on any atom is 0.274 e. The molecular formula is C23H26ClN3O5S3. The minimum atomic E-state index is -3.55. The van der Waals surface area contributed by atoms with Crippen LogP contribution in [0.4, 0.5) is 0 Å². The number of aromatic nitrogens is 1. The average Bonchev–Trinajstić information content (AvgIpc) is 3.49. The van der Waals surface area contributed by atoms with Crippen LogP contribution in [0.5, 0.6) is 10.9 Å². The summed E-state index contributed by atoms with van der Waals surface area (Å²) in [6.07, 6.45) is 2.58. The molecule has 4 heterocycles. The van der Waals surface area contributed by atoms with Crippen LogP contribution in [0.3, 0.4) is 0 Å². The van der Waals surface area contributed by atoms with E-state index in [4.69, 9.17) is 21.1 Å². The van der Waals surface area contributed by atoms with Crippen molar-refractivity contribution in [3.63, 3.8) is 0 Å². The summed E-state index contributed by atoms with van der Waals surface area (Å²) in [5, 5.41) is 0.638. The van der Waals surface area contributed by atoms with E-state index in [-0.39, 0.29) is 22.1 Å². The van der Waals surface area contributed by atoms with Crippen molar-refractivity contribution in [3.8, 4) is 10.9 Å². The zero-order valence-corrected chi connectivity index (χ0v) is 22.4. The molecule has 5 rings (SSSR count). The minimum absolute atomic E-state index is 0.0196. The molecule has 0 atom stereocenters.